The van der Waals surface area contributed by atoms with Gasteiger partial charge in [0.2, 0.25) is 0 Å². The zero-order valence-electron chi connectivity index (χ0n) is 11.0. The third kappa shape index (κ3) is 2.75. The average molecular weight is 262 g/mol. The number of halogens is 1. The van der Waals surface area contributed by atoms with Crippen LogP contribution >= 0.6 is 0 Å². The van der Waals surface area contributed by atoms with E-state index in [4.69, 9.17) is 16.6 Å². The van der Waals surface area contributed by atoms with Gasteiger partial charge in [0.15, 0.2) is 0 Å². The number of rotatable bonds is 4. The van der Waals surface area contributed by atoms with Crippen LogP contribution in [-0.4, -0.2) is 24.1 Å². The quantitative estimate of drug-likeness (QED) is 0.443. The first kappa shape index (κ1) is 13.5. The Hall–Kier alpha value is -1.91. The first-order valence-corrected chi connectivity index (χ1v) is 6.40. The van der Waals surface area contributed by atoms with Crippen molar-refractivity contribution in [2.24, 2.45) is 5.92 Å². The van der Waals surface area contributed by atoms with Crippen LogP contribution < -0.4 is 5.73 Å². The maximum Gasteiger partial charge on any atom is 0.125 e. The van der Waals surface area contributed by atoms with Gasteiger partial charge in [-0.25, -0.2) is 4.39 Å². The predicted molar refractivity (Wildman–Crippen MR) is 75.2 cm³/mol. The molecule has 0 bridgehead atoms. The molecule has 1 aliphatic carbocycles. The SMILES string of the molecule is CN(C=N)C(=N)C(c1cc(N)cc(F)c1)C1CCC1. The minimum absolute atomic E-state index is 0.182. The lowest BCUT2D eigenvalue weighted by Crippen LogP contribution is -2.36. The predicted octanol–water partition coefficient (Wildman–Crippen LogP) is 2.81. The molecule has 5 heteroatoms. The van der Waals surface area contributed by atoms with Gasteiger partial charge >= 0.3 is 0 Å². The molecule has 1 saturated carbocycles. The largest absolute Gasteiger partial charge is 0.399 e. The van der Waals surface area contributed by atoms with E-state index in [-0.39, 0.29) is 11.7 Å². The molecule has 1 aromatic rings. The molecule has 1 aromatic carbocycles. The van der Waals surface area contributed by atoms with E-state index in [1.54, 1.807) is 13.1 Å². The van der Waals surface area contributed by atoms with Crippen molar-refractivity contribution in [2.75, 3.05) is 12.8 Å². The van der Waals surface area contributed by atoms with E-state index >= 15 is 0 Å². The molecular formula is C14H19FN4. The van der Waals surface area contributed by atoms with Crippen LogP contribution in [-0.2, 0) is 0 Å². The molecule has 1 fully saturated rings. The summed E-state index contributed by atoms with van der Waals surface area (Å²) in [4.78, 5) is 1.46. The number of likely N-dealkylation sites (N-methyl/N-ethyl adjacent to an activating group) is 1. The number of nitrogen functional groups attached to an aromatic ring is 1. The number of benzene rings is 1. The Morgan fingerprint density at radius 1 is 1.47 bits per heavy atom. The van der Waals surface area contributed by atoms with E-state index in [9.17, 15) is 4.39 Å². The van der Waals surface area contributed by atoms with Crippen molar-refractivity contribution in [3.63, 3.8) is 0 Å². The highest BCUT2D eigenvalue weighted by atomic mass is 19.1. The number of amidine groups is 1. The fourth-order valence-corrected chi connectivity index (χ4v) is 2.53. The molecule has 4 nitrogen and oxygen atoms in total. The molecule has 1 atom stereocenters. The van der Waals surface area contributed by atoms with Crippen molar-refractivity contribution in [1.82, 2.24) is 4.90 Å². The summed E-state index contributed by atoms with van der Waals surface area (Å²) < 4.78 is 13.5. The fraction of sp³-hybridized carbons (Fsp3) is 0.429. The molecule has 0 spiro atoms. The number of hydrogen-bond acceptors (Lipinski definition) is 3. The number of nitrogens with zero attached hydrogens (tertiary/aromatic N) is 1. The summed E-state index contributed by atoms with van der Waals surface area (Å²) in [5, 5.41) is 15.5. The Balaban J connectivity index is 2.36. The van der Waals surface area contributed by atoms with Gasteiger partial charge in [-0.2, -0.15) is 0 Å². The van der Waals surface area contributed by atoms with Gasteiger partial charge in [-0.15, -0.1) is 0 Å². The van der Waals surface area contributed by atoms with Crippen LogP contribution in [0.15, 0.2) is 18.2 Å². The molecule has 1 aliphatic rings. The molecule has 102 valence electrons. The summed E-state index contributed by atoms with van der Waals surface area (Å²) in [7, 11) is 1.67. The van der Waals surface area contributed by atoms with Crippen LogP contribution in [0.3, 0.4) is 0 Å². The third-order valence-electron chi connectivity index (χ3n) is 3.79. The van der Waals surface area contributed by atoms with E-state index < -0.39 is 0 Å². The average Bonchev–Trinajstić information content (AvgIpc) is 2.30. The molecule has 0 amide bonds. The van der Waals surface area contributed by atoms with Crippen LogP contribution in [0, 0.1) is 22.6 Å². The molecule has 1 unspecified atom stereocenters. The topological polar surface area (TPSA) is 77.0 Å². The summed E-state index contributed by atoms with van der Waals surface area (Å²) in [6, 6.07) is 4.47. The van der Waals surface area contributed by atoms with Crippen molar-refractivity contribution in [2.45, 2.75) is 25.2 Å². The fourth-order valence-electron chi connectivity index (χ4n) is 2.53. The van der Waals surface area contributed by atoms with Crippen LogP contribution in [0.4, 0.5) is 10.1 Å². The van der Waals surface area contributed by atoms with E-state index in [0.29, 0.717) is 17.4 Å². The minimum atomic E-state index is -0.371. The van der Waals surface area contributed by atoms with E-state index in [0.717, 1.165) is 31.2 Å². The second-order valence-corrected chi connectivity index (χ2v) is 5.11. The summed E-state index contributed by atoms with van der Waals surface area (Å²) in [6.45, 7) is 0. The normalized spacial score (nSPS) is 16.5. The Bertz CT molecular complexity index is 476. The number of nitrogens with one attached hydrogen (secondary N) is 2. The molecular weight excluding hydrogens is 243 g/mol. The van der Waals surface area contributed by atoms with Gasteiger partial charge in [0.1, 0.15) is 11.7 Å². The molecule has 0 aliphatic heterocycles. The monoisotopic (exact) mass is 262 g/mol. The lowest BCUT2D eigenvalue weighted by Gasteiger charge is -2.36. The lowest BCUT2D eigenvalue weighted by molar-refractivity contribution is 0.291. The van der Waals surface area contributed by atoms with Crippen molar-refractivity contribution in [3.05, 3.63) is 29.6 Å². The summed E-state index contributed by atoms with van der Waals surface area (Å²) in [6.07, 6.45) is 4.33. The second kappa shape index (κ2) is 5.38. The highest BCUT2D eigenvalue weighted by Crippen LogP contribution is 2.40. The Kier molecular flexibility index (Phi) is 3.83. The number of hydrogen-bond donors (Lipinski definition) is 3. The van der Waals surface area contributed by atoms with Gasteiger partial charge in [-0.3, -0.25) is 10.8 Å². The van der Waals surface area contributed by atoms with Crippen molar-refractivity contribution >= 4 is 17.9 Å². The van der Waals surface area contributed by atoms with Gasteiger partial charge in [0.25, 0.3) is 0 Å². The van der Waals surface area contributed by atoms with Gasteiger partial charge in [0.05, 0.1) is 6.34 Å². The summed E-state index contributed by atoms with van der Waals surface area (Å²) >= 11 is 0. The van der Waals surface area contributed by atoms with E-state index in [1.807, 2.05) is 0 Å². The second-order valence-electron chi connectivity index (χ2n) is 5.11. The van der Waals surface area contributed by atoms with E-state index in [1.165, 1.54) is 17.0 Å². The van der Waals surface area contributed by atoms with Gasteiger partial charge < -0.3 is 10.6 Å². The summed E-state index contributed by atoms with van der Waals surface area (Å²) in [5.41, 5.74) is 6.81. The Morgan fingerprint density at radius 2 is 2.16 bits per heavy atom. The Labute approximate surface area is 112 Å². The highest BCUT2D eigenvalue weighted by molar-refractivity contribution is 5.94. The molecule has 0 aromatic heterocycles. The summed E-state index contributed by atoms with van der Waals surface area (Å²) in [5.74, 6) is 0.115. The highest BCUT2D eigenvalue weighted by Gasteiger charge is 2.33. The molecule has 4 N–H and O–H groups in total. The van der Waals surface area contributed by atoms with Gasteiger partial charge in [-0.05, 0) is 42.5 Å². The van der Waals surface area contributed by atoms with Crippen molar-refractivity contribution in [1.29, 1.82) is 10.8 Å². The van der Waals surface area contributed by atoms with Crippen LogP contribution in [0.5, 0.6) is 0 Å². The zero-order valence-corrected chi connectivity index (χ0v) is 11.0. The maximum atomic E-state index is 13.5. The van der Waals surface area contributed by atoms with Crippen LogP contribution in [0.25, 0.3) is 0 Å². The first-order chi connectivity index (χ1) is 9.02. The first-order valence-electron chi connectivity index (χ1n) is 6.40. The molecule has 0 heterocycles. The molecule has 19 heavy (non-hydrogen) atoms. The standard InChI is InChI=1S/C14H19FN4/c1-19(8-16)14(18)13(9-3-2-4-9)10-5-11(15)7-12(17)6-10/h5-9,13,16,18H,2-4,17H2,1H3. The molecule has 0 saturated heterocycles. The van der Waals surface area contributed by atoms with Gasteiger partial charge in [-0.1, -0.05) is 6.42 Å². The number of nitrogens with two attached hydrogens (primary N) is 1. The molecule has 2 rings (SSSR count). The lowest BCUT2D eigenvalue weighted by atomic mass is 9.72. The van der Waals surface area contributed by atoms with E-state index in [2.05, 4.69) is 0 Å². The minimum Gasteiger partial charge on any atom is -0.399 e. The smallest absolute Gasteiger partial charge is 0.125 e. The maximum absolute atomic E-state index is 13.5. The zero-order chi connectivity index (χ0) is 14.0. The van der Waals surface area contributed by atoms with Crippen molar-refractivity contribution in [3.8, 4) is 0 Å². The molecule has 0 radical (unpaired) electrons. The number of anilines is 1. The third-order valence-corrected chi connectivity index (χ3v) is 3.79. The van der Waals surface area contributed by atoms with Crippen LogP contribution in [0.1, 0.15) is 30.7 Å². The van der Waals surface area contributed by atoms with Crippen molar-refractivity contribution < 1.29 is 4.39 Å². The van der Waals surface area contributed by atoms with Gasteiger partial charge in [0, 0.05) is 18.7 Å². The van der Waals surface area contributed by atoms with Crippen LogP contribution in [0.2, 0.25) is 0 Å². The Morgan fingerprint density at radius 3 is 2.63 bits per heavy atom.